The molecule has 0 amide bonds. The number of sulfone groups is 1. The van der Waals surface area contributed by atoms with Crippen molar-refractivity contribution >= 4 is 18.2 Å². The average molecular weight is 248 g/mol. The summed E-state index contributed by atoms with van der Waals surface area (Å²) >= 11 is 0. The van der Waals surface area contributed by atoms with Gasteiger partial charge in [-0.15, -0.1) is 0 Å². The molecule has 88 valence electrons. The topological polar surface area (TPSA) is 43.4 Å². The van der Waals surface area contributed by atoms with Gasteiger partial charge < -0.3 is 4.43 Å². The number of rotatable bonds is 3. The second-order valence-corrected chi connectivity index (χ2v) is 11.9. The van der Waals surface area contributed by atoms with Gasteiger partial charge in [0.1, 0.15) is 0 Å². The fourth-order valence-electron chi connectivity index (χ4n) is 1.66. The molecule has 0 aliphatic heterocycles. The Balaban J connectivity index is 2.60. The highest BCUT2D eigenvalue weighted by molar-refractivity contribution is 7.91. The van der Waals surface area contributed by atoms with Gasteiger partial charge in [0.05, 0.1) is 11.0 Å². The van der Waals surface area contributed by atoms with Crippen molar-refractivity contribution in [3.05, 3.63) is 11.8 Å². The van der Waals surface area contributed by atoms with E-state index >= 15 is 0 Å². The molecule has 0 heterocycles. The van der Waals surface area contributed by atoms with Gasteiger partial charge in [0.2, 0.25) is 8.32 Å². The van der Waals surface area contributed by atoms with Crippen LogP contribution in [0.4, 0.5) is 0 Å². The molecule has 0 bridgehead atoms. The standard InChI is InChI=1S/C10H20O3SSi/c1-14(11,12)10-7-5-9(6-8-10)13-15(2,3)4/h5,10H,6-8H2,1-4H3. The summed E-state index contributed by atoms with van der Waals surface area (Å²) in [5.41, 5.74) is 0. The molecule has 0 fully saturated rings. The van der Waals surface area contributed by atoms with Gasteiger partial charge in [0.15, 0.2) is 9.84 Å². The van der Waals surface area contributed by atoms with E-state index in [0.29, 0.717) is 12.8 Å². The second kappa shape index (κ2) is 4.29. The molecule has 0 aromatic rings. The van der Waals surface area contributed by atoms with E-state index in [4.69, 9.17) is 4.43 Å². The Hall–Kier alpha value is -0.293. The molecule has 1 unspecified atom stereocenters. The summed E-state index contributed by atoms with van der Waals surface area (Å²) in [6.07, 6.45) is 5.35. The summed E-state index contributed by atoms with van der Waals surface area (Å²) in [5.74, 6) is 0.995. The van der Waals surface area contributed by atoms with E-state index in [-0.39, 0.29) is 5.25 Å². The molecule has 0 aromatic carbocycles. The molecular formula is C10H20O3SSi. The average Bonchev–Trinajstić information content (AvgIpc) is 2.00. The van der Waals surface area contributed by atoms with Crippen LogP contribution in [-0.4, -0.2) is 28.2 Å². The van der Waals surface area contributed by atoms with Crippen molar-refractivity contribution in [3.63, 3.8) is 0 Å². The van der Waals surface area contributed by atoms with Crippen LogP contribution in [0.1, 0.15) is 19.3 Å². The summed E-state index contributed by atoms with van der Waals surface area (Å²) in [7, 11) is -4.41. The van der Waals surface area contributed by atoms with Crippen LogP contribution in [0.2, 0.25) is 19.6 Å². The Morgan fingerprint density at radius 1 is 1.40 bits per heavy atom. The van der Waals surface area contributed by atoms with Crippen LogP contribution in [0.25, 0.3) is 0 Å². The lowest BCUT2D eigenvalue weighted by Gasteiger charge is -2.26. The summed E-state index contributed by atoms with van der Waals surface area (Å²) in [4.78, 5) is 0. The highest BCUT2D eigenvalue weighted by atomic mass is 32.2. The zero-order valence-electron chi connectivity index (χ0n) is 9.91. The molecular weight excluding hydrogens is 228 g/mol. The Morgan fingerprint density at radius 3 is 2.33 bits per heavy atom. The van der Waals surface area contributed by atoms with Gasteiger partial charge in [-0.05, 0) is 38.6 Å². The zero-order valence-corrected chi connectivity index (χ0v) is 11.7. The maximum atomic E-state index is 11.3. The third-order valence-corrected chi connectivity index (χ3v) is 4.88. The van der Waals surface area contributed by atoms with Crippen molar-refractivity contribution in [2.24, 2.45) is 0 Å². The van der Waals surface area contributed by atoms with E-state index in [1.165, 1.54) is 6.26 Å². The molecule has 1 atom stereocenters. The van der Waals surface area contributed by atoms with E-state index < -0.39 is 18.2 Å². The highest BCUT2D eigenvalue weighted by Crippen LogP contribution is 2.25. The first-order valence-electron chi connectivity index (χ1n) is 5.25. The van der Waals surface area contributed by atoms with E-state index in [2.05, 4.69) is 19.6 Å². The van der Waals surface area contributed by atoms with E-state index in [0.717, 1.165) is 12.2 Å². The summed E-state index contributed by atoms with van der Waals surface area (Å²) in [6.45, 7) is 6.41. The van der Waals surface area contributed by atoms with Crippen LogP contribution in [0.5, 0.6) is 0 Å². The fraction of sp³-hybridized carbons (Fsp3) is 0.800. The first-order chi connectivity index (χ1) is 6.68. The van der Waals surface area contributed by atoms with Crippen molar-refractivity contribution < 1.29 is 12.8 Å². The van der Waals surface area contributed by atoms with Crippen LogP contribution < -0.4 is 0 Å². The van der Waals surface area contributed by atoms with Gasteiger partial charge in [0, 0.05) is 12.7 Å². The molecule has 15 heavy (non-hydrogen) atoms. The smallest absolute Gasteiger partial charge is 0.241 e. The fourth-order valence-corrected chi connectivity index (χ4v) is 3.62. The maximum Gasteiger partial charge on any atom is 0.241 e. The molecule has 0 saturated heterocycles. The van der Waals surface area contributed by atoms with Crippen molar-refractivity contribution in [2.45, 2.75) is 44.2 Å². The third-order valence-electron chi connectivity index (χ3n) is 2.36. The quantitative estimate of drug-likeness (QED) is 0.720. The third kappa shape index (κ3) is 4.38. The van der Waals surface area contributed by atoms with Gasteiger partial charge in [-0.3, -0.25) is 0 Å². The van der Waals surface area contributed by atoms with Crippen molar-refractivity contribution in [2.75, 3.05) is 6.26 Å². The van der Waals surface area contributed by atoms with E-state index in [1.807, 2.05) is 6.08 Å². The number of allylic oxidation sites excluding steroid dienone is 2. The molecule has 0 saturated carbocycles. The van der Waals surface area contributed by atoms with Crippen LogP contribution in [0.15, 0.2) is 11.8 Å². The predicted molar refractivity (Wildman–Crippen MR) is 65.0 cm³/mol. The lowest BCUT2D eigenvalue weighted by atomic mass is 10.1. The first-order valence-corrected chi connectivity index (χ1v) is 10.6. The number of hydrogen-bond donors (Lipinski definition) is 0. The van der Waals surface area contributed by atoms with Gasteiger partial charge in [-0.25, -0.2) is 8.42 Å². The monoisotopic (exact) mass is 248 g/mol. The van der Waals surface area contributed by atoms with Gasteiger partial charge in [-0.1, -0.05) is 0 Å². The Labute approximate surface area is 93.6 Å². The lowest BCUT2D eigenvalue weighted by Crippen LogP contribution is -2.28. The normalized spacial score (nSPS) is 23.5. The minimum Gasteiger partial charge on any atom is -0.548 e. The summed E-state index contributed by atoms with van der Waals surface area (Å²) in [6, 6.07) is 0. The minimum absolute atomic E-state index is 0.202. The SMILES string of the molecule is C[Si](C)(C)OC1=CCC(S(C)(=O)=O)CC1. The highest BCUT2D eigenvalue weighted by Gasteiger charge is 2.26. The van der Waals surface area contributed by atoms with Crippen molar-refractivity contribution in [1.29, 1.82) is 0 Å². The molecule has 1 rings (SSSR count). The van der Waals surface area contributed by atoms with Crippen LogP contribution in [-0.2, 0) is 14.3 Å². The van der Waals surface area contributed by atoms with Gasteiger partial charge in [-0.2, -0.15) is 0 Å². The first kappa shape index (κ1) is 12.8. The minimum atomic E-state index is -2.88. The van der Waals surface area contributed by atoms with Crippen LogP contribution >= 0.6 is 0 Å². The predicted octanol–water partition coefficient (Wildman–Crippen LogP) is 2.32. The van der Waals surface area contributed by atoms with E-state index in [1.54, 1.807) is 0 Å². The van der Waals surface area contributed by atoms with Crippen molar-refractivity contribution in [1.82, 2.24) is 0 Å². The zero-order chi connectivity index (χ0) is 11.7. The van der Waals surface area contributed by atoms with Crippen molar-refractivity contribution in [3.8, 4) is 0 Å². The van der Waals surface area contributed by atoms with Crippen LogP contribution in [0.3, 0.4) is 0 Å². The molecule has 0 N–H and O–H groups in total. The van der Waals surface area contributed by atoms with Gasteiger partial charge >= 0.3 is 0 Å². The lowest BCUT2D eigenvalue weighted by molar-refractivity contribution is 0.379. The number of hydrogen-bond acceptors (Lipinski definition) is 3. The Morgan fingerprint density at radius 2 is 2.00 bits per heavy atom. The molecule has 0 aromatic heterocycles. The Bertz CT molecular complexity index is 351. The second-order valence-electron chi connectivity index (χ2n) is 5.11. The molecule has 0 spiro atoms. The van der Waals surface area contributed by atoms with Crippen LogP contribution in [0, 0.1) is 0 Å². The maximum absolute atomic E-state index is 11.3. The Kier molecular flexibility index (Phi) is 3.66. The molecule has 3 nitrogen and oxygen atoms in total. The molecule has 0 radical (unpaired) electrons. The largest absolute Gasteiger partial charge is 0.548 e. The summed E-state index contributed by atoms with van der Waals surface area (Å²) < 4.78 is 28.5. The molecule has 5 heteroatoms. The van der Waals surface area contributed by atoms with Gasteiger partial charge in [0.25, 0.3) is 0 Å². The van der Waals surface area contributed by atoms with E-state index in [9.17, 15) is 8.42 Å². The summed E-state index contributed by atoms with van der Waals surface area (Å²) in [5, 5.41) is -0.202. The molecule has 1 aliphatic rings. The molecule has 1 aliphatic carbocycles.